The van der Waals surface area contributed by atoms with Crippen LogP contribution in [0.4, 0.5) is 0 Å². The molecule has 2 rings (SSSR count). The van der Waals surface area contributed by atoms with E-state index in [9.17, 15) is 0 Å². The summed E-state index contributed by atoms with van der Waals surface area (Å²) in [7, 11) is 3.33. The van der Waals surface area contributed by atoms with Gasteiger partial charge >= 0.3 is 0 Å². The first kappa shape index (κ1) is 19.6. The summed E-state index contributed by atoms with van der Waals surface area (Å²) in [5, 5.41) is 12.1. The molecule has 5 heteroatoms. The quantitative estimate of drug-likeness (QED) is 0.647. The largest absolute Gasteiger partial charge is 0.497 e. The molecule has 0 aromatic heterocycles. The fourth-order valence-corrected chi connectivity index (χ4v) is 2.65. The van der Waals surface area contributed by atoms with Crippen molar-refractivity contribution in [1.29, 1.82) is 5.26 Å². The first-order valence-electron chi connectivity index (χ1n) is 8.72. The van der Waals surface area contributed by atoms with Crippen molar-refractivity contribution in [1.82, 2.24) is 5.32 Å². The van der Waals surface area contributed by atoms with Gasteiger partial charge in [-0.25, -0.2) is 0 Å². The second-order valence-corrected chi connectivity index (χ2v) is 5.97. The van der Waals surface area contributed by atoms with Gasteiger partial charge in [0.1, 0.15) is 17.2 Å². The molecule has 0 aliphatic heterocycles. The van der Waals surface area contributed by atoms with Gasteiger partial charge in [0.05, 0.1) is 26.9 Å². The van der Waals surface area contributed by atoms with Gasteiger partial charge in [-0.3, -0.25) is 0 Å². The lowest BCUT2D eigenvalue weighted by Crippen LogP contribution is -2.18. The SMILES string of the molecule is COc1ccc(OC)c(C(C)NCc2cccc(OCCCC#N)c2)c1. The number of ether oxygens (including phenoxy) is 3. The topological polar surface area (TPSA) is 63.5 Å². The van der Waals surface area contributed by atoms with Crippen molar-refractivity contribution in [2.45, 2.75) is 32.4 Å². The maximum absolute atomic E-state index is 8.56. The van der Waals surface area contributed by atoms with E-state index in [2.05, 4.69) is 24.4 Å². The van der Waals surface area contributed by atoms with E-state index in [1.807, 2.05) is 36.4 Å². The van der Waals surface area contributed by atoms with E-state index in [4.69, 9.17) is 19.5 Å². The van der Waals surface area contributed by atoms with Gasteiger partial charge in [-0.05, 0) is 49.2 Å². The van der Waals surface area contributed by atoms with Crippen molar-refractivity contribution in [2.75, 3.05) is 20.8 Å². The van der Waals surface area contributed by atoms with Crippen LogP contribution in [-0.4, -0.2) is 20.8 Å². The minimum atomic E-state index is 0.0975. The molecule has 2 aromatic carbocycles. The number of nitrogens with one attached hydrogen (secondary N) is 1. The molecule has 0 spiro atoms. The Bertz CT molecular complexity index is 740. The molecule has 1 unspecified atom stereocenters. The third kappa shape index (κ3) is 5.68. The molecule has 1 atom stereocenters. The predicted octanol–water partition coefficient (Wildman–Crippen LogP) is 4.24. The van der Waals surface area contributed by atoms with Crippen LogP contribution in [0.2, 0.25) is 0 Å². The highest BCUT2D eigenvalue weighted by atomic mass is 16.5. The molecule has 0 aliphatic rings. The summed E-state index contributed by atoms with van der Waals surface area (Å²) in [4.78, 5) is 0. The van der Waals surface area contributed by atoms with Gasteiger partial charge in [0.2, 0.25) is 0 Å². The summed E-state index contributed by atoms with van der Waals surface area (Å²) >= 11 is 0. The Kier molecular flexibility index (Phi) is 7.78. The fraction of sp³-hybridized carbons (Fsp3) is 0.381. The molecule has 1 N–H and O–H groups in total. The van der Waals surface area contributed by atoms with E-state index in [0.717, 1.165) is 34.8 Å². The first-order valence-corrected chi connectivity index (χ1v) is 8.72. The molecule has 0 saturated carbocycles. The van der Waals surface area contributed by atoms with Gasteiger partial charge < -0.3 is 19.5 Å². The van der Waals surface area contributed by atoms with Crippen molar-refractivity contribution in [3.05, 3.63) is 53.6 Å². The van der Waals surface area contributed by atoms with Crippen LogP contribution in [0.25, 0.3) is 0 Å². The number of unbranched alkanes of at least 4 members (excludes halogenated alkanes) is 1. The number of nitrogens with zero attached hydrogens (tertiary/aromatic N) is 1. The van der Waals surface area contributed by atoms with Crippen LogP contribution >= 0.6 is 0 Å². The first-order chi connectivity index (χ1) is 12.7. The highest BCUT2D eigenvalue weighted by Gasteiger charge is 2.12. The molecule has 0 fully saturated rings. The highest BCUT2D eigenvalue weighted by molar-refractivity contribution is 5.42. The lowest BCUT2D eigenvalue weighted by atomic mass is 10.1. The molecule has 5 nitrogen and oxygen atoms in total. The Morgan fingerprint density at radius 1 is 1.08 bits per heavy atom. The van der Waals surface area contributed by atoms with Crippen LogP contribution in [-0.2, 0) is 6.54 Å². The molecule has 0 bridgehead atoms. The van der Waals surface area contributed by atoms with E-state index in [1.54, 1.807) is 14.2 Å². The fourth-order valence-electron chi connectivity index (χ4n) is 2.65. The molecule has 0 heterocycles. The summed E-state index contributed by atoms with van der Waals surface area (Å²) in [5.41, 5.74) is 2.19. The molecule has 0 aliphatic carbocycles. The van der Waals surface area contributed by atoms with Gasteiger partial charge in [0, 0.05) is 24.6 Å². The second-order valence-electron chi connectivity index (χ2n) is 5.97. The number of methoxy groups -OCH3 is 2. The third-order valence-electron chi connectivity index (χ3n) is 4.12. The van der Waals surface area contributed by atoms with Crippen molar-refractivity contribution in [3.63, 3.8) is 0 Å². The molecule has 0 amide bonds. The van der Waals surface area contributed by atoms with E-state index in [0.29, 0.717) is 19.6 Å². The van der Waals surface area contributed by atoms with Gasteiger partial charge in [0.25, 0.3) is 0 Å². The van der Waals surface area contributed by atoms with Crippen LogP contribution in [0.15, 0.2) is 42.5 Å². The molecular weight excluding hydrogens is 328 g/mol. The van der Waals surface area contributed by atoms with Gasteiger partial charge in [-0.15, -0.1) is 0 Å². The summed E-state index contributed by atoms with van der Waals surface area (Å²) < 4.78 is 16.5. The van der Waals surface area contributed by atoms with Gasteiger partial charge in [0.15, 0.2) is 0 Å². The molecule has 138 valence electrons. The summed E-state index contributed by atoms with van der Waals surface area (Å²) in [6.45, 7) is 3.36. The van der Waals surface area contributed by atoms with Gasteiger partial charge in [-0.2, -0.15) is 5.26 Å². The van der Waals surface area contributed by atoms with Crippen LogP contribution in [0.5, 0.6) is 17.2 Å². The summed E-state index contributed by atoms with van der Waals surface area (Å²) in [6.07, 6.45) is 1.26. The van der Waals surface area contributed by atoms with E-state index in [1.165, 1.54) is 0 Å². The van der Waals surface area contributed by atoms with Crippen molar-refractivity contribution >= 4 is 0 Å². The average Bonchev–Trinajstić information content (AvgIpc) is 2.69. The van der Waals surface area contributed by atoms with E-state index < -0.39 is 0 Å². The zero-order chi connectivity index (χ0) is 18.8. The molecular formula is C21H26N2O3. The Hall–Kier alpha value is -2.71. The zero-order valence-electron chi connectivity index (χ0n) is 15.6. The summed E-state index contributed by atoms with van der Waals surface area (Å²) in [6, 6.07) is 16.0. The molecule has 26 heavy (non-hydrogen) atoms. The van der Waals surface area contributed by atoms with Crippen molar-refractivity contribution in [2.24, 2.45) is 0 Å². The Morgan fingerprint density at radius 3 is 2.65 bits per heavy atom. The molecule has 0 radical (unpaired) electrons. The molecule has 0 saturated heterocycles. The van der Waals surface area contributed by atoms with Crippen molar-refractivity contribution < 1.29 is 14.2 Å². The Labute approximate surface area is 155 Å². The van der Waals surface area contributed by atoms with Crippen LogP contribution in [0.3, 0.4) is 0 Å². The number of benzene rings is 2. The van der Waals surface area contributed by atoms with Crippen LogP contribution in [0.1, 0.15) is 36.9 Å². The number of rotatable bonds is 10. The standard InChI is InChI=1S/C21H26N2O3/c1-16(20-14-18(24-2)9-10-21(20)25-3)23-15-17-7-6-8-19(13-17)26-12-5-4-11-22/h6-10,13-14,16,23H,4-5,12,15H2,1-3H3. The zero-order valence-corrected chi connectivity index (χ0v) is 15.6. The normalized spacial score (nSPS) is 11.5. The lowest BCUT2D eigenvalue weighted by molar-refractivity contribution is 0.312. The lowest BCUT2D eigenvalue weighted by Gasteiger charge is -2.18. The monoisotopic (exact) mass is 354 g/mol. The third-order valence-corrected chi connectivity index (χ3v) is 4.12. The average molecular weight is 354 g/mol. The van der Waals surface area contributed by atoms with Gasteiger partial charge in [-0.1, -0.05) is 12.1 Å². The summed E-state index contributed by atoms with van der Waals surface area (Å²) in [5.74, 6) is 2.47. The van der Waals surface area contributed by atoms with E-state index >= 15 is 0 Å². The maximum atomic E-state index is 8.56. The second kappa shape index (κ2) is 10.3. The molecule has 2 aromatic rings. The number of nitriles is 1. The minimum Gasteiger partial charge on any atom is -0.497 e. The van der Waals surface area contributed by atoms with E-state index in [-0.39, 0.29) is 6.04 Å². The Morgan fingerprint density at radius 2 is 1.92 bits per heavy atom. The Balaban J connectivity index is 1.97. The minimum absolute atomic E-state index is 0.0975. The number of hydrogen-bond donors (Lipinski definition) is 1. The van der Waals surface area contributed by atoms with Crippen LogP contribution < -0.4 is 19.5 Å². The smallest absolute Gasteiger partial charge is 0.123 e. The van der Waals surface area contributed by atoms with Crippen molar-refractivity contribution in [3.8, 4) is 23.3 Å². The maximum Gasteiger partial charge on any atom is 0.123 e. The number of hydrogen-bond acceptors (Lipinski definition) is 5. The highest BCUT2D eigenvalue weighted by Crippen LogP contribution is 2.29. The van der Waals surface area contributed by atoms with Crippen LogP contribution in [0, 0.1) is 11.3 Å². The predicted molar refractivity (Wildman–Crippen MR) is 102 cm³/mol.